The SMILES string of the molecule is NC1CCCN(C2C(Oc3ccncn3)CC(c3ccc(F)cc3)C2F)C1. The molecule has 5 unspecified atom stereocenters. The normalized spacial score (nSPS) is 31.7. The van der Waals surface area contributed by atoms with Gasteiger partial charge in [-0.1, -0.05) is 12.1 Å². The van der Waals surface area contributed by atoms with Gasteiger partial charge in [-0.05, 0) is 43.5 Å². The molecule has 2 heterocycles. The van der Waals surface area contributed by atoms with Crippen LogP contribution in [0.3, 0.4) is 0 Å². The Hall–Kier alpha value is -2.12. The molecule has 5 nitrogen and oxygen atoms in total. The topological polar surface area (TPSA) is 64.3 Å². The average Bonchev–Trinajstić information content (AvgIpc) is 2.99. The predicted octanol–water partition coefficient (Wildman–Crippen LogP) is 2.68. The third kappa shape index (κ3) is 3.94. The van der Waals surface area contributed by atoms with Crippen LogP contribution in [-0.4, -0.2) is 52.3 Å². The lowest BCUT2D eigenvalue weighted by molar-refractivity contribution is 0.0347. The molecule has 1 aromatic heterocycles. The number of hydrogen-bond donors (Lipinski definition) is 1. The van der Waals surface area contributed by atoms with Crippen molar-refractivity contribution in [2.75, 3.05) is 13.1 Å². The minimum absolute atomic E-state index is 0.0514. The molecule has 1 aliphatic heterocycles. The maximum absolute atomic E-state index is 15.6. The van der Waals surface area contributed by atoms with E-state index in [1.165, 1.54) is 18.5 Å². The van der Waals surface area contributed by atoms with Crippen LogP contribution in [0.25, 0.3) is 0 Å². The van der Waals surface area contributed by atoms with Gasteiger partial charge in [0, 0.05) is 30.8 Å². The highest BCUT2D eigenvalue weighted by Crippen LogP contribution is 2.41. The zero-order valence-electron chi connectivity index (χ0n) is 15.0. The molecule has 5 atom stereocenters. The van der Waals surface area contributed by atoms with Crippen molar-refractivity contribution in [3.05, 3.63) is 54.2 Å². The number of halogens is 2. The summed E-state index contributed by atoms with van der Waals surface area (Å²) in [5.41, 5.74) is 6.93. The Morgan fingerprint density at radius 1 is 1.19 bits per heavy atom. The minimum Gasteiger partial charge on any atom is -0.472 e. The summed E-state index contributed by atoms with van der Waals surface area (Å²) in [4.78, 5) is 10.1. The van der Waals surface area contributed by atoms with Crippen LogP contribution >= 0.6 is 0 Å². The van der Waals surface area contributed by atoms with Gasteiger partial charge in [-0.2, -0.15) is 0 Å². The zero-order chi connectivity index (χ0) is 18.8. The van der Waals surface area contributed by atoms with Gasteiger partial charge in [0.2, 0.25) is 5.88 Å². The van der Waals surface area contributed by atoms with Crippen molar-refractivity contribution in [1.29, 1.82) is 0 Å². The van der Waals surface area contributed by atoms with Crippen molar-refractivity contribution in [1.82, 2.24) is 14.9 Å². The molecule has 27 heavy (non-hydrogen) atoms. The Balaban J connectivity index is 1.60. The van der Waals surface area contributed by atoms with Crippen molar-refractivity contribution in [2.24, 2.45) is 5.73 Å². The van der Waals surface area contributed by atoms with E-state index in [2.05, 4.69) is 14.9 Å². The second kappa shape index (κ2) is 7.86. The highest BCUT2D eigenvalue weighted by atomic mass is 19.1. The Morgan fingerprint density at radius 2 is 2.00 bits per heavy atom. The van der Waals surface area contributed by atoms with Crippen molar-refractivity contribution in [3.63, 3.8) is 0 Å². The first-order valence-corrected chi connectivity index (χ1v) is 9.43. The smallest absolute Gasteiger partial charge is 0.216 e. The summed E-state index contributed by atoms with van der Waals surface area (Å²) in [5.74, 6) is -0.228. The van der Waals surface area contributed by atoms with Crippen LogP contribution in [0.15, 0.2) is 42.9 Å². The first kappa shape index (κ1) is 18.3. The van der Waals surface area contributed by atoms with Gasteiger partial charge in [0.1, 0.15) is 24.4 Å². The van der Waals surface area contributed by atoms with Crippen LogP contribution in [0, 0.1) is 5.82 Å². The van der Waals surface area contributed by atoms with Crippen LogP contribution in [0.2, 0.25) is 0 Å². The highest BCUT2D eigenvalue weighted by molar-refractivity contribution is 5.26. The van der Waals surface area contributed by atoms with Gasteiger partial charge in [-0.25, -0.2) is 18.7 Å². The molecule has 4 rings (SSSR count). The van der Waals surface area contributed by atoms with Crippen molar-refractivity contribution in [3.8, 4) is 5.88 Å². The molecule has 1 aliphatic carbocycles. The summed E-state index contributed by atoms with van der Waals surface area (Å²) in [6, 6.07) is 7.42. The number of hydrogen-bond acceptors (Lipinski definition) is 5. The lowest BCUT2D eigenvalue weighted by Crippen LogP contribution is -2.54. The van der Waals surface area contributed by atoms with Crippen LogP contribution in [0.5, 0.6) is 5.88 Å². The van der Waals surface area contributed by atoms with Crippen LogP contribution in [0.1, 0.15) is 30.7 Å². The third-order valence-corrected chi connectivity index (χ3v) is 5.61. The molecule has 1 saturated heterocycles. The van der Waals surface area contributed by atoms with Gasteiger partial charge >= 0.3 is 0 Å². The summed E-state index contributed by atoms with van der Waals surface area (Å²) < 4.78 is 35.0. The molecule has 0 radical (unpaired) electrons. The van der Waals surface area contributed by atoms with E-state index in [1.54, 1.807) is 24.4 Å². The number of nitrogens with zero attached hydrogens (tertiary/aromatic N) is 3. The quantitative estimate of drug-likeness (QED) is 0.891. The van der Waals surface area contributed by atoms with Crippen molar-refractivity contribution in [2.45, 2.75) is 49.5 Å². The summed E-state index contributed by atoms with van der Waals surface area (Å²) in [6.45, 7) is 1.46. The Labute approximate surface area is 157 Å². The van der Waals surface area contributed by atoms with E-state index in [4.69, 9.17) is 10.5 Å². The maximum atomic E-state index is 15.6. The van der Waals surface area contributed by atoms with Gasteiger partial charge < -0.3 is 10.5 Å². The summed E-state index contributed by atoms with van der Waals surface area (Å²) in [7, 11) is 0. The molecule has 1 aromatic carbocycles. The summed E-state index contributed by atoms with van der Waals surface area (Å²) in [6.07, 6.45) is 3.97. The third-order valence-electron chi connectivity index (χ3n) is 5.61. The fourth-order valence-corrected chi connectivity index (χ4v) is 4.36. The van der Waals surface area contributed by atoms with E-state index in [0.29, 0.717) is 18.8 Å². The number of aromatic nitrogens is 2. The molecular formula is C20H24F2N4O. The Kier molecular flexibility index (Phi) is 5.31. The number of rotatable bonds is 4. The minimum atomic E-state index is -1.12. The summed E-state index contributed by atoms with van der Waals surface area (Å²) in [5, 5.41) is 0. The fourth-order valence-electron chi connectivity index (χ4n) is 4.36. The predicted molar refractivity (Wildman–Crippen MR) is 97.7 cm³/mol. The molecule has 2 N–H and O–H groups in total. The van der Waals surface area contributed by atoms with Gasteiger partial charge in [0.15, 0.2) is 0 Å². The lowest BCUT2D eigenvalue weighted by atomic mass is 9.95. The van der Waals surface area contributed by atoms with Gasteiger partial charge in [0.05, 0.1) is 6.04 Å². The molecule has 2 aromatic rings. The molecule has 144 valence electrons. The molecular weight excluding hydrogens is 350 g/mol. The molecule has 1 saturated carbocycles. The van der Waals surface area contributed by atoms with Crippen LogP contribution in [-0.2, 0) is 0 Å². The lowest BCUT2D eigenvalue weighted by Gasteiger charge is -2.38. The van der Waals surface area contributed by atoms with E-state index < -0.39 is 12.2 Å². The second-order valence-corrected chi connectivity index (χ2v) is 7.43. The molecule has 0 amide bonds. The number of likely N-dealkylation sites (tertiary alicyclic amines) is 1. The van der Waals surface area contributed by atoms with E-state index in [-0.39, 0.29) is 23.9 Å². The van der Waals surface area contributed by atoms with Crippen LogP contribution in [0.4, 0.5) is 8.78 Å². The largest absolute Gasteiger partial charge is 0.472 e. The van der Waals surface area contributed by atoms with E-state index >= 15 is 4.39 Å². The van der Waals surface area contributed by atoms with Gasteiger partial charge in [-0.3, -0.25) is 4.90 Å². The van der Waals surface area contributed by atoms with Crippen LogP contribution < -0.4 is 10.5 Å². The average molecular weight is 374 g/mol. The Bertz CT molecular complexity index is 745. The standard InChI is InChI=1S/C20H24F2N4O/c21-14-5-3-13(4-6-14)16-10-17(27-18-7-8-24-12-25-18)20(19(16)22)26-9-1-2-15(23)11-26/h3-8,12,15-17,19-20H,1-2,9-11,23H2. The zero-order valence-corrected chi connectivity index (χ0v) is 15.0. The molecule has 2 fully saturated rings. The van der Waals surface area contributed by atoms with E-state index in [9.17, 15) is 4.39 Å². The summed E-state index contributed by atoms with van der Waals surface area (Å²) >= 11 is 0. The molecule has 7 heteroatoms. The molecule has 0 bridgehead atoms. The van der Waals surface area contributed by atoms with Gasteiger partial charge in [-0.15, -0.1) is 0 Å². The monoisotopic (exact) mass is 374 g/mol. The number of benzene rings is 1. The van der Waals surface area contributed by atoms with Crippen molar-refractivity contribution < 1.29 is 13.5 Å². The van der Waals surface area contributed by atoms with Gasteiger partial charge in [0.25, 0.3) is 0 Å². The number of ether oxygens (including phenoxy) is 1. The molecule has 2 aliphatic rings. The Morgan fingerprint density at radius 3 is 2.70 bits per heavy atom. The highest BCUT2D eigenvalue weighted by Gasteiger charge is 2.49. The fraction of sp³-hybridized carbons (Fsp3) is 0.500. The van der Waals surface area contributed by atoms with E-state index in [1.807, 2.05) is 0 Å². The maximum Gasteiger partial charge on any atom is 0.216 e. The second-order valence-electron chi connectivity index (χ2n) is 7.43. The first-order chi connectivity index (χ1) is 13.1. The number of piperidine rings is 1. The molecule has 0 spiro atoms. The van der Waals surface area contributed by atoms with E-state index in [0.717, 1.165) is 24.9 Å². The van der Waals surface area contributed by atoms with Crippen molar-refractivity contribution >= 4 is 0 Å². The number of nitrogens with two attached hydrogens (primary N) is 1. The number of alkyl halides is 1. The first-order valence-electron chi connectivity index (χ1n) is 9.43.